The van der Waals surface area contributed by atoms with E-state index in [2.05, 4.69) is 10.6 Å². The third kappa shape index (κ3) is 6.99. The molecule has 0 rings (SSSR count). The molecular weight excluding hydrogens is 144 g/mol. The number of hydrogen-bond acceptors (Lipinski definition) is 3. The number of carbonyl (C=O) groups excluding carboxylic acids is 2. The predicted octanol–water partition coefficient (Wildman–Crippen LogP) is -0.699. The maximum Gasteiger partial charge on any atom is 0.234 e. The molecular formula is C7H14N2O2. The lowest BCUT2D eigenvalue weighted by molar-refractivity contribution is -0.121. The highest BCUT2D eigenvalue weighted by Gasteiger charge is 1.96. The third-order valence-corrected chi connectivity index (χ3v) is 1.07. The van der Waals surface area contributed by atoms with Gasteiger partial charge < -0.3 is 15.4 Å². The summed E-state index contributed by atoms with van der Waals surface area (Å²) in [6.45, 7) is 2.79. The minimum Gasteiger partial charge on any atom is -0.348 e. The van der Waals surface area contributed by atoms with E-state index in [1.165, 1.54) is 0 Å². The number of carbonyl (C=O) groups is 2. The van der Waals surface area contributed by atoms with Crippen LogP contribution in [0, 0.1) is 0 Å². The molecule has 0 saturated carbocycles. The van der Waals surface area contributed by atoms with Crippen molar-refractivity contribution < 1.29 is 11.0 Å². The van der Waals surface area contributed by atoms with E-state index < -0.39 is 6.26 Å². The van der Waals surface area contributed by atoms with Crippen molar-refractivity contribution in [2.75, 3.05) is 19.6 Å². The SMILES string of the molecule is [2H]C(=O)CNC(=O)CNCCC. The number of aldehydes is 1. The number of rotatable bonds is 6. The van der Waals surface area contributed by atoms with Crippen LogP contribution in [0.1, 0.15) is 14.7 Å². The van der Waals surface area contributed by atoms with Crippen LogP contribution in [0.15, 0.2) is 0 Å². The second-order valence-corrected chi connectivity index (χ2v) is 2.10. The first-order chi connectivity index (χ1) is 5.66. The van der Waals surface area contributed by atoms with Crippen LogP contribution in [0.4, 0.5) is 0 Å². The van der Waals surface area contributed by atoms with Gasteiger partial charge >= 0.3 is 0 Å². The van der Waals surface area contributed by atoms with E-state index >= 15 is 0 Å². The zero-order chi connectivity index (χ0) is 9.40. The highest BCUT2D eigenvalue weighted by molar-refractivity contribution is 5.79. The van der Waals surface area contributed by atoms with Gasteiger partial charge in [0.2, 0.25) is 5.91 Å². The average molecular weight is 159 g/mol. The Balaban J connectivity index is 3.28. The van der Waals surface area contributed by atoms with Gasteiger partial charge in [-0.2, -0.15) is 0 Å². The van der Waals surface area contributed by atoms with Gasteiger partial charge in [0.1, 0.15) is 7.63 Å². The summed E-state index contributed by atoms with van der Waals surface area (Å²) in [6, 6.07) is 0. The zero-order valence-corrected chi connectivity index (χ0v) is 6.64. The van der Waals surface area contributed by atoms with Crippen LogP contribution in [0.5, 0.6) is 0 Å². The Morgan fingerprint density at radius 3 is 3.00 bits per heavy atom. The van der Waals surface area contributed by atoms with Gasteiger partial charge in [-0.1, -0.05) is 6.92 Å². The molecule has 11 heavy (non-hydrogen) atoms. The lowest BCUT2D eigenvalue weighted by Crippen LogP contribution is -2.34. The van der Waals surface area contributed by atoms with Crippen molar-refractivity contribution in [3.63, 3.8) is 0 Å². The summed E-state index contributed by atoms with van der Waals surface area (Å²) < 4.78 is 6.51. The molecule has 1 amide bonds. The van der Waals surface area contributed by atoms with E-state index in [1.807, 2.05) is 6.92 Å². The van der Waals surface area contributed by atoms with E-state index in [0.717, 1.165) is 13.0 Å². The first kappa shape index (κ1) is 8.20. The summed E-state index contributed by atoms with van der Waals surface area (Å²) in [4.78, 5) is 20.9. The molecule has 0 aromatic heterocycles. The van der Waals surface area contributed by atoms with E-state index in [0.29, 0.717) is 0 Å². The van der Waals surface area contributed by atoms with Crippen LogP contribution in [-0.4, -0.2) is 31.8 Å². The summed E-state index contributed by atoms with van der Waals surface area (Å²) >= 11 is 0. The fourth-order valence-corrected chi connectivity index (χ4v) is 0.576. The van der Waals surface area contributed by atoms with Gasteiger partial charge in [0.25, 0.3) is 0 Å². The van der Waals surface area contributed by atoms with Gasteiger partial charge in [0, 0.05) is 0 Å². The van der Waals surface area contributed by atoms with Gasteiger partial charge in [-0.25, -0.2) is 0 Å². The standard InChI is InChI=1S/C7H14N2O2/c1-2-3-8-6-7(11)9-4-5-10/h5,8H,2-4,6H2,1H3,(H,9,11)/i5D. The fraction of sp³-hybridized carbons (Fsp3) is 0.714. The van der Waals surface area contributed by atoms with Crippen LogP contribution < -0.4 is 10.6 Å². The Kier molecular flexibility index (Phi) is 5.37. The van der Waals surface area contributed by atoms with Crippen LogP contribution in [-0.2, 0) is 9.59 Å². The molecule has 0 aromatic rings. The van der Waals surface area contributed by atoms with Crippen molar-refractivity contribution in [3.05, 3.63) is 0 Å². The molecule has 64 valence electrons. The molecule has 2 N–H and O–H groups in total. The third-order valence-electron chi connectivity index (χ3n) is 1.07. The molecule has 0 radical (unpaired) electrons. The molecule has 0 unspecified atom stereocenters. The van der Waals surface area contributed by atoms with Crippen molar-refractivity contribution in [1.82, 2.24) is 10.6 Å². The van der Waals surface area contributed by atoms with Crippen molar-refractivity contribution in [2.24, 2.45) is 0 Å². The summed E-state index contributed by atoms with van der Waals surface area (Å²) in [6.07, 6.45) is 0.184. The Morgan fingerprint density at radius 2 is 2.45 bits per heavy atom. The van der Waals surface area contributed by atoms with Crippen LogP contribution >= 0.6 is 0 Å². The monoisotopic (exact) mass is 159 g/mol. The number of nitrogens with one attached hydrogen (secondary N) is 2. The molecule has 0 spiro atoms. The van der Waals surface area contributed by atoms with Crippen LogP contribution in [0.25, 0.3) is 0 Å². The molecule has 0 fully saturated rings. The summed E-state index contributed by atoms with van der Waals surface area (Å²) in [5.74, 6) is -0.246. The lowest BCUT2D eigenvalue weighted by atomic mass is 10.4. The van der Waals surface area contributed by atoms with Crippen LogP contribution in [0.3, 0.4) is 0 Å². The minimum absolute atomic E-state index is 0.202. The molecule has 0 heterocycles. The largest absolute Gasteiger partial charge is 0.348 e. The topological polar surface area (TPSA) is 58.2 Å². The molecule has 0 aliphatic heterocycles. The highest BCUT2D eigenvalue weighted by Crippen LogP contribution is 1.69. The van der Waals surface area contributed by atoms with Gasteiger partial charge in [0.05, 0.1) is 13.1 Å². The highest BCUT2D eigenvalue weighted by atomic mass is 16.2. The molecule has 0 aliphatic carbocycles. The summed E-state index contributed by atoms with van der Waals surface area (Å²) in [7, 11) is 0. The number of hydrogen-bond donors (Lipinski definition) is 2. The molecule has 4 heteroatoms. The molecule has 0 aliphatic rings. The Bertz CT molecular complexity index is 161. The second kappa shape index (κ2) is 7.21. The van der Waals surface area contributed by atoms with Crippen molar-refractivity contribution in [3.8, 4) is 0 Å². The van der Waals surface area contributed by atoms with Crippen molar-refractivity contribution in [1.29, 1.82) is 0 Å². The van der Waals surface area contributed by atoms with Gasteiger partial charge in [-0.05, 0) is 13.0 Å². The predicted molar refractivity (Wildman–Crippen MR) is 42.2 cm³/mol. The summed E-state index contributed by atoms with van der Waals surface area (Å²) in [5, 5.41) is 5.18. The fourth-order valence-electron chi connectivity index (χ4n) is 0.576. The van der Waals surface area contributed by atoms with Gasteiger partial charge in [-0.3, -0.25) is 4.79 Å². The zero-order valence-electron chi connectivity index (χ0n) is 7.64. The first-order valence-electron chi connectivity index (χ1n) is 4.13. The Hall–Kier alpha value is -0.900. The smallest absolute Gasteiger partial charge is 0.234 e. The van der Waals surface area contributed by atoms with Crippen LogP contribution in [0.2, 0.25) is 0 Å². The van der Waals surface area contributed by atoms with E-state index in [-0.39, 0.29) is 19.0 Å². The van der Waals surface area contributed by atoms with Crippen molar-refractivity contribution >= 4 is 12.2 Å². The average Bonchev–Trinajstić information content (AvgIpc) is 2.01. The maximum atomic E-state index is 10.8. The molecule has 0 saturated heterocycles. The van der Waals surface area contributed by atoms with Crippen molar-refractivity contribution in [2.45, 2.75) is 13.3 Å². The first-order valence-corrected chi connectivity index (χ1v) is 3.63. The van der Waals surface area contributed by atoms with E-state index in [9.17, 15) is 9.59 Å². The molecule has 0 aromatic carbocycles. The van der Waals surface area contributed by atoms with E-state index in [1.54, 1.807) is 0 Å². The Morgan fingerprint density at radius 1 is 1.73 bits per heavy atom. The molecule has 4 nitrogen and oxygen atoms in total. The normalized spacial score (nSPS) is 10.5. The molecule has 0 bridgehead atoms. The minimum atomic E-state index is -0.779. The number of amides is 1. The quantitative estimate of drug-likeness (QED) is 0.398. The van der Waals surface area contributed by atoms with Gasteiger partial charge in [0.15, 0.2) is 0 Å². The van der Waals surface area contributed by atoms with Gasteiger partial charge in [-0.15, -0.1) is 0 Å². The Labute approximate surface area is 67.8 Å². The maximum absolute atomic E-state index is 10.8. The lowest BCUT2D eigenvalue weighted by Gasteiger charge is -2.01. The van der Waals surface area contributed by atoms with E-state index in [4.69, 9.17) is 1.37 Å². The second-order valence-electron chi connectivity index (χ2n) is 2.10. The molecule has 0 atom stereocenters. The summed E-state index contributed by atoms with van der Waals surface area (Å²) in [5.41, 5.74) is 0.